The summed E-state index contributed by atoms with van der Waals surface area (Å²) in [5, 5.41) is 17.6. The monoisotopic (exact) mass is 535 g/mol. The maximum absolute atomic E-state index is 10.6. The predicted octanol–water partition coefficient (Wildman–Crippen LogP) is 3.48. The lowest BCUT2D eigenvalue weighted by Crippen LogP contribution is -2.39. The number of hydrogen-bond acceptors (Lipinski definition) is 7. The Balaban J connectivity index is 0.000000257. The molecule has 8 nitrogen and oxygen atoms in total. The first-order chi connectivity index (χ1) is 16.3. The number of rotatable bonds is 4. The Morgan fingerprint density at radius 2 is 1.43 bits per heavy atom. The fourth-order valence-corrected chi connectivity index (χ4v) is 4.99. The van der Waals surface area contributed by atoms with Crippen molar-refractivity contribution in [1.82, 2.24) is 14.8 Å². The normalized spacial score (nSPS) is 23.6. The third-order valence-electron chi connectivity index (χ3n) is 5.95. The van der Waals surface area contributed by atoms with Gasteiger partial charge in [-0.1, -0.05) is 0 Å². The molecule has 0 saturated carbocycles. The van der Waals surface area contributed by atoms with E-state index in [0.717, 1.165) is 37.8 Å². The number of aromatic nitrogens is 1. The molecule has 35 heavy (non-hydrogen) atoms. The van der Waals surface area contributed by atoms with Crippen LogP contribution < -0.4 is 0 Å². The molecule has 0 bridgehead atoms. The lowest BCUT2D eigenvalue weighted by Gasteiger charge is -2.30. The second-order valence-corrected chi connectivity index (χ2v) is 9.24. The molecule has 0 aliphatic carbocycles. The number of carboxylic acid groups (broad SMARTS) is 2. The van der Waals surface area contributed by atoms with E-state index in [0.29, 0.717) is 0 Å². The minimum absolute atomic E-state index is 0.772. The molecule has 0 amide bonds. The van der Waals surface area contributed by atoms with Gasteiger partial charge in [-0.25, -0.2) is 14.6 Å². The first kappa shape index (κ1) is 29.3. The standard InChI is InChI=1S/C16H25N3OS.2C2HF3O2/c1-6-18(11-13-3-8-20-9-4-13)14-2-7-19(15(1)14)12-16-17-5-10-21-16;2*3-2(4,5)1(6)7/h5,10,13-15H,1-4,6-9,11-12H2;2*(H,6,7)/t14-,15+;;/m0../s1. The first-order valence-corrected chi connectivity index (χ1v) is 11.7. The van der Waals surface area contributed by atoms with Gasteiger partial charge in [-0.2, -0.15) is 26.3 Å². The number of ether oxygens (including phenoxy) is 1. The number of thiazole rings is 1. The van der Waals surface area contributed by atoms with Gasteiger partial charge in [0, 0.05) is 56.5 Å². The van der Waals surface area contributed by atoms with Gasteiger partial charge in [-0.05, 0) is 31.6 Å². The molecule has 0 aromatic carbocycles. The van der Waals surface area contributed by atoms with Crippen molar-refractivity contribution in [3.8, 4) is 0 Å². The first-order valence-electron chi connectivity index (χ1n) is 10.8. The summed E-state index contributed by atoms with van der Waals surface area (Å²) in [4.78, 5) is 27.7. The second kappa shape index (κ2) is 12.8. The SMILES string of the molecule is O=C(O)C(F)(F)F.O=C(O)C(F)(F)F.c1csc(CN2CC[C@H]3[C@H]2CCN3CC2CCOCC2)n1. The fourth-order valence-electron chi connectivity index (χ4n) is 4.35. The van der Waals surface area contributed by atoms with Gasteiger partial charge in [0.1, 0.15) is 5.01 Å². The smallest absolute Gasteiger partial charge is 0.475 e. The van der Waals surface area contributed by atoms with E-state index < -0.39 is 24.3 Å². The zero-order valence-corrected chi connectivity index (χ0v) is 19.4. The summed E-state index contributed by atoms with van der Waals surface area (Å²) < 4.78 is 69.0. The summed E-state index contributed by atoms with van der Waals surface area (Å²) in [7, 11) is 0. The average Bonchev–Trinajstić information content (AvgIpc) is 3.49. The van der Waals surface area contributed by atoms with Crippen LogP contribution in [0.3, 0.4) is 0 Å². The number of halogens is 6. The summed E-state index contributed by atoms with van der Waals surface area (Å²) >= 11 is 1.79. The van der Waals surface area contributed by atoms with Crippen molar-refractivity contribution in [2.24, 2.45) is 5.92 Å². The minimum atomic E-state index is -5.08. The Labute approximate surface area is 201 Å². The van der Waals surface area contributed by atoms with E-state index in [2.05, 4.69) is 20.2 Å². The lowest BCUT2D eigenvalue weighted by atomic mass is 9.99. The van der Waals surface area contributed by atoms with Crippen molar-refractivity contribution in [3.05, 3.63) is 16.6 Å². The minimum Gasteiger partial charge on any atom is -0.475 e. The predicted molar refractivity (Wildman–Crippen MR) is 112 cm³/mol. The molecule has 0 radical (unpaired) electrons. The molecule has 0 unspecified atom stereocenters. The van der Waals surface area contributed by atoms with Gasteiger partial charge in [0.15, 0.2) is 0 Å². The van der Waals surface area contributed by atoms with Crippen molar-refractivity contribution >= 4 is 23.3 Å². The van der Waals surface area contributed by atoms with Crippen LogP contribution in [-0.4, -0.2) is 94.2 Å². The van der Waals surface area contributed by atoms with E-state index >= 15 is 0 Å². The highest BCUT2D eigenvalue weighted by molar-refractivity contribution is 7.09. The quantitative estimate of drug-likeness (QED) is 0.565. The molecule has 4 heterocycles. The van der Waals surface area contributed by atoms with E-state index in [-0.39, 0.29) is 0 Å². The van der Waals surface area contributed by atoms with Crippen molar-refractivity contribution in [2.45, 2.75) is 56.7 Å². The van der Waals surface area contributed by atoms with Crippen LogP contribution in [0.2, 0.25) is 0 Å². The number of likely N-dealkylation sites (tertiary alicyclic amines) is 2. The van der Waals surface area contributed by atoms with E-state index in [9.17, 15) is 26.3 Å². The molecule has 2 atom stereocenters. The van der Waals surface area contributed by atoms with E-state index in [1.165, 1.54) is 50.3 Å². The molecule has 15 heteroatoms. The van der Waals surface area contributed by atoms with Crippen molar-refractivity contribution < 1.29 is 50.9 Å². The van der Waals surface area contributed by atoms with Gasteiger partial charge in [-0.3, -0.25) is 9.80 Å². The number of carbonyl (C=O) groups is 2. The highest BCUT2D eigenvalue weighted by Gasteiger charge is 2.43. The van der Waals surface area contributed by atoms with Crippen LogP contribution in [0.5, 0.6) is 0 Å². The number of alkyl halides is 6. The Bertz CT molecular complexity index is 778. The number of hydrogen-bond donors (Lipinski definition) is 2. The molecule has 1 aromatic rings. The van der Waals surface area contributed by atoms with Crippen molar-refractivity contribution in [3.63, 3.8) is 0 Å². The number of aliphatic carboxylic acids is 2. The maximum Gasteiger partial charge on any atom is 0.490 e. The van der Waals surface area contributed by atoms with Gasteiger partial charge < -0.3 is 14.9 Å². The van der Waals surface area contributed by atoms with Crippen LogP contribution in [0.1, 0.15) is 30.7 Å². The molecular weight excluding hydrogens is 508 g/mol. The summed E-state index contributed by atoms with van der Waals surface area (Å²) in [5.41, 5.74) is 0. The molecule has 4 rings (SSSR count). The molecule has 0 spiro atoms. The molecule has 1 aromatic heterocycles. The van der Waals surface area contributed by atoms with Crippen LogP contribution in [0, 0.1) is 5.92 Å². The summed E-state index contributed by atoms with van der Waals surface area (Å²) in [5.74, 6) is -4.65. The Kier molecular flexibility index (Phi) is 10.7. The molecule has 3 fully saturated rings. The number of carboxylic acids is 2. The van der Waals surface area contributed by atoms with Gasteiger partial charge in [0.25, 0.3) is 0 Å². The van der Waals surface area contributed by atoms with Crippen molar-refractivity contribution in [1.29, 1.82) is 0 Å². The Morgan fingerprint density at radius 1 is 0.943 bits per heavy atom. The summed E-state index contributed by atoms with van der Waals surface area (Å²) in [6, 6.07) is 1.57. The largest absolute Gasteiger partial charge is 0.490 e. The topological polar surface area (TPSA) is 103 Å². The second-order valence-electron chi connectivity index (χ2n) is 8.26. The maximum atomic E-state index is 10.6. The van der Waals surface area contributed by atoms with Crippen LogP contribution >= 0.6 is 11.3 Å². The summed E-state index contributed by atoms with van der Waals surface area (Å²) in [6.07, 6.45) is -3.02. The molecule has 3 saturated heterocycles. The van der Waals surface area contributed by atoms with Crippen LogP contribution in [0.4, 0.5) is 26.3 Å². The Morgan fingerprint density at radius 3 is 1.89 bits per heavy atom. The van der Waals surface area contributed by atoms with Gasteiger partial charge >= 0.3 is 24.3 Å². The van der Waals surface area contributed by atoms with Crippen LogP contribution in [0.15, 0.2) is 11.6 Å². The summed E-state index contributed by atoms with van der Waals surface area (Å²) in [6.45, 7) is 6.85. The third-order valence-corrected chi connectivity index (χ3v) is 6.71. The highest BCUT2D eigenvalue weighted by atomic mass is 32.1. The molecular formula is C20H27F6N3O5S. The van der Waals surface area contributed by atoms with Crippen LogP contribution in [0.25, 0.3) is 0 Å². The van der Waals surface area contributed by atoms with Crippen LogP contribution in [-0.2, 0) is 20.9 Å². The zero-order valence-electron chi connectivity index (χ0n) is 18.6. The molecule has 3 aliphatic heterocycles. The van der Waals surface area contributed by atoms with E-state index in [4.69, 9.17) is 24.5 Å². The van der Waals surface area contributed by atoms with Gasteiger partial charge in [-0.15, -0.1) is 11.3 Å². The molecule has 200 valence electrons. The highest BCUT2D eigenvalue weighted by Crippen LogP contribution is 2.34. The van der Waals surface area contributed by atoms with Crippen molar-refractivity contribution in [2.75, 3.05) is 32.8 Å². The van der Waals surface area contributed by atoms with Gasteiger partial charge in [0.2, 0.25) is 0 Å². The third kappa shape index (κ3) is 9.54. The number of nitrogens with zero attached hydrogens (tertiary/aromatic N) is 3. The zero-order chi connectivity index (χ0) is 26.2. The Hall–Kier alpha value is -1.97. The van der Waals surface area contributed by atoms with E-state index in [1.54, 1.807) is 11.3 Å². The van der Waals surface area contributed by atoms with E-state index in [1.807, 2.05) is 6.20 Å². The average molecular weight is 536 g/mol. The molecule has 2 N–H and O–H groups in total. The fraction of sp³-hybridized carbons (Fsp3) is 0.750. The molecule has 3 aliphatic rings. The lowest BCUT2D eigenvalue weighted by molar-refractivity contribution is -0.193. The van der Waals surface area contributed by atoms with Gasteiger partial charge in [0.05, 0.1) is 6.54 Å². The number of fused-ring (bicyclic) bond motifs is 1.